The van der Waals surface area contributed by atoms with Crippen molar-refractivity contribution in [3.05, 3.63) is 29.5 Å². The summed E-state index contributed by atoms with van der Waals surface area (Å²) in [6.45, 7) is 9.41. The van der Waals surface area contributed by atoms with Gasteiger partial charge in [0.1, 0.15) is 11.4 Å². The minimum absolute atomic E-state index is 0.0117. The molecule has 1 aliphatic heterocycles. The van der Waals surface area contributed by atoms with Gasteiger partial charge in [-0.1, -0.05) is 11.8 Å². The SMILES string of the molecule is CC(=O)SCC(=Cc1ncccc1O)B1OC(C)(C)C(C)(C)O1. The van der Waals surface area contributed by atoms with E-state index in [2.05, 4.69) is 4.98 Å². The molecule has 0 unspecified atom stereocenters. The highest BCUT2D eigenvalue weighted by molar-refractivity contribution is 8.13. The Morgan fingerprint density at radius 3 is 2.48 bits per heavy atom. The maximum absolute atomic E-state index is 11.3. The summed E-state index contributed by atoms with van der Waals surface area (Å²) in [5, 5.41) is 9.93. The van der Waals surface area contributed by atoms with Crippen LogP contribution in [0.5, 0.6) is 5.75 Å². The Balaban J connectivity index is 2.32. The number of nitrogens with zero attached hydrogens (tertiary/aromatic N) is 1. The lowest BCUT2D eigenvalue weighted by molar-refractivity contribution is -0.109. The second-order valence-electron chi connectivity index (χ2n) is 6.50. The van der Waals surface area contributed by atoms with E-state index < -0.39 is 18.3 Å². The quantitative estimate of drug-likeness (QED) is 0.853. The maximum Gasteiger partial charge on any atom is 0.491 e. The maximum atomic E-state index is 11.3. The zero-order valence-electron chi connectivity index (χ0n) is 14.1. The van der Waals surface area contributed by atoms with E-state index in [0.29, 0.717) is 11.4 Å². The molecular formula is C16H22BNO4S. The van der Waals surface area contributed by atoms with E-state index in [1.54, 1.807) is 24.4 Å². The van der Waals surface area contributed by atoms with Crippen LogP contribution >= 0.6 is 11.8 Å². The molecule has 0 aliphatic carbocycles. The van der Waals surface area contributed by atoms with Gasteiger partial charge >= 0.3 is 7.12 Å². The Hall–Kier alpha value is -1.31. The number of carbonyl (C=O) groups is 1. The van der Waals surface area contributed by atoms with Crippen molar-refractivity contribution in [3.8, 4) is 5.75 Å². The molecular weight excluding hydrogens is 313 g/mol. The number of thioether (sulfide) groups is 1. The topological polar surface area (TPSA) is 68.7 Å². The molecule has 0 aromatic carbocycles. The predicted octanol–water partition coefficient (Wildman–Crippen LogP) is 3.08. The van der Waals surface area contributed by atoms with E-state index in [4.69, 9.17) is 9.31 Å². The number of hydrogen-bond donors (Lipinski definition) is 1. The van der Waals surface area contributed by atoms with E-state index in [1.807, 2.05) is 27.7 Å². The van der Waals surface area contributed by atoms with E-state index in [-0.39, 0.29) is 10.9 Å². The predicted molar refractivity (Wildman–Crippen MR) is 93.1 cm³/mol. The summed E-state index contributed by atoms with van der Waals surface area (Å²) >= 11 is 1.18. The molecule has 0 amide bonds. The number of aromatic nitrogens is 1. The second kappa shape index (κ2) is 6.67. The first-order valence-corrected chi connectivity index (χ1v) is 8.44. The number of aromatic hydroxyl groups is 1. The van der Waals surface area contributed by atoms with Crippen molar-refractivity contribution in [2.75, 3.05) is 5.75 Å². The minimum Gasteiger partial charge on any atom is -0.506 e. The van der Waals surface area contributed by atoms with Crippen molar-refractivity contribution in [2.24, 2.45) is 0 Å². The van der Waals surface area contributed by atoms with Crippen LogP contribution in [0.15, 0.2) is 23.8 Å². The van der Waals surface area contributed by atoms with Crippen LogP contribution < -0.4 is 0 Å². The van der Waals surface area contributed by atoms with Crippen molar-refractivity contribution in [1.29, 1.82) is 0 Å². The van der Waals surface area contributed by atoms with Gasteiger partial charge in [0.15, 0.2) is 5.12 Å². The van der Waals surface area contributed by atoms with Gasteiger partial charge in [-0.3, -0.25) is 9.78 Å². The van der Waals surface area contributed by atoms with Gasteiger partial charge in [-0.05, 0) is 51.4 Å². The Labute approximate surface area is 141 Å². The zero-order chi connectivity index (χ0) is 17.3. The summed E-state index contributed by atoms with van der Waals surface area (Å²) in [5.74, 6) is 0.497. The molecule has 0 saturated carbocycles. The third kappa shape index (κ3) is 4.16. The first-order chi connectivity index (χ1) is 10.6. The monoisotopic (exact) mass is 335 g/mol. The molecule has 1 fully saturated rings. The summed E-state index contributed by atoms with van der Waals surface area (Å²) in [4.78, 5) is 15.5. The molecule has 1 aromatic heterocycles. The van der Waals surface area contributed by atoms with Gasteiger partial charge in [0.2, 0.25) is 0 Å². The van der Waals surface area contributed by atoms with Crippen LogP contribution in [0.25, 0.3) is 6.08 Å². The summed E-state index contributed by atoms with van der Waals surface area (Å²) in [6, 6.07) is 3.23. The molecule has 1 saturated heterocycles. The molecule has 1 aliphatic rings. The van der Waals surface area contributed by atoms with E-state index in [0.717, 1.165) is 5.47 Å². The lowest BCUT2D eigenvalue weighted by atomic mass is 9.78. The molecule has 2 heterocycles. The van der Waals surface area contributed by atoms with E-state index in [1.165, 1.54) is 18.7 Å². The van der Waals surface area contributed by atoms with E-state index in [9.17, 15) is 9.90 Å². The average Bonchev–Trinajstić information content (AvgIpc) is 2.65. The van der Waals surface area contributed by atoms with Gasteiger partial charge in [-0.2, -0.15) is 0 Å². The molecule has 23 heavy (non-hydrogen) atoms. The summed E-state index contributed by atoms with van der Waals surface area (Å²) in [7, 11) is -0.576. The summed E-state index contributed by atoms with van der Waals surface area (Å²) in [5.41, 5.74) is 0.257. The smallest absolute Gasteiger partial charge is 0.491 e. The second-order valence-corrected chi connectivity index (χ2v) is 7.65. The van der Waals surface area contributed by atoms with Crippen molar-refractivity contribution in [2.45, 2.75) is 45.8 Å². The first kappa shape index (κ1) is 18.0. The van der Waals surface area contributed by atoms with Crippen molar-refractivity contribution in [1.82, 2.24) is 4.98 Å². The van der Waals surface area contributed by atoms with Crippen LogP contribution in [0.3, 0.4) is 0 Å². The Morgan fingerprint density at radius 2 is 1.96 bits per heavy atom. The zero-order valence-corrected chi connectivity index (χ0v) is 14.9. The normalized spacial score (nSPS) is 19.9. The highest BCUT2D eigenvalue weighted by atomic mass is 32.2. The highest BCUT2D eigenvalue weighted by Gasteiger charge is 2.52. The number of carbonyl (C=O) groups excluding carboxylic acids is 1. The van der Waals surface area contributed by atoms with Crippen LogP contribution in [-0.2, 0) is 14.1 Å². The lowest BCUT2D eigenvalue weighted by Crippen LogP contribution is -2.41. The summed E-state index contributed by atoms with van der Waals surface area (Å²) < 4.78 is 12.1. The van der Waals surface area contributed by atoms with Crippen LogP contribution in [0, 0.1) is 0 Å². The van der Waals surface area contributed by atoms with Gasteiger partial charge in [0.25, 0.3) is 0 Å². The number of pyridine rings is 1. The average molecular weight is 335 g/mol. The van der Waals surface area contributed by atoms with Gasteiger partial charge < -0.3 is 14.4 Å². The molecule has 1 aromatic rings. The Kier molecular flexibility index (Phi) is 5.23. The molecule has 2 rings (SSSR count). The third-order valence-electron chi connectivity index (χ3n) is 4.14. The third-order valence-corrected chi connectivity index (χ3v) is 5.02. The number of rotatable bonds is 4. The van der Waals surface area contributed by atoms with Gasteiger partial charge in [0, 0.05) is 18.9 Å². The van der Waals surface area contributed by atoms with Crippen LogP contribution in [-0.4, -0.2) is 39.3 Å². The Bertz CT molecular complexity index is 614. The fraction of sp³-hybridized carbons (Fsp3) is 0.500. The van der Waals surface area contributed by atoms with Crippen LogP contribution in [0.1, 0.15) is 40.3 Å². The molecule has 0 atom stereocenters. The molecule has 1 N–H and O–H groups in total. The van der Waals surface area contributed by atoms with Crippen molar-refractivity contribution >= 4 is 30.1 Å². The Morgan fingerprint density at radius 1 is 1.35 bits per heavy atom. The van der Waals surface area contributed by atoms with Crippen LogP contribution in [0.4, 0.5) is 0 Å². The van der Waals surface area contributed by atoms with E-state index >= 15 is 0 Å². The molecule has 124 valence electrons. The van der Waals surface area contributed by atoms with Gasteiger partial charge in [-0.25, -0.2) is 0 Å². The molecule has 0 spiro atoms. The fourth-order valence-corrected chi connectivity index (χ4v) is 2.64. The van der Waals surface area contributed by atoms with Gasteiger partial charge in [-0.15, -0.1) is 0 Å². The lowest BCUT2D eigenvalue weighted by Gasteiger charge is -2.32. The molecule has 0 radical (unpaired) electrons. The standard InChI is InChI=1S/C16H22BNO4S/c1-11(19)23-10-12(9-13-14(20)7-6-8-18-13)17-21-15(2,3)16(4,5)22-17/h6-9,20H,10H2,1-5H3. The molecule has 7 heteroatoms. The largest absolute Gasteiger partial charge is 0.506 e. The van der Waals surface area contributed by atoms with Crippen molar-refractivity contribution < 1.29 is 19.2 Å². The fourth-order valence-electron chi connectivity index (χ4n) is 2.05. The number of hydrogen-bond acceptors (Lipinski definition) is 6. The van der Waals surface area contributed by atoms with Gasteiger partial charge in [0.05, 0.1) is 11.2 Å². The summed E-state index contributed by atoms with van der Waals surface area (Å²) in [6.07, 6.45) is 3.33. The van der Waals surface area contributed by atoms with Crippen molar-refractivity contribution in [3.63, 3.8) is 0 Å². The molecule has 0 bridgehead atoms. The minimum atomic E-state index is -0.576. The molecule has 5 nitrogen and oxygen atoms in total. The highest BCUT2D eigenvalue weighted by Crippen LogP contribution is 2.39. The first-order valence-electron chi connectivity index (χ1n) is 7.46. The van der Waals surface area contributed by atoms with Crippen LogP contribution in [0.2, 0.25) is 0 Å².